The standard InChI is InChI=1S/C21H25N3O2.ClH/c1-14-13-18(21(26)24(14)17-11-7-4-8-12-17)23-20(25)15(2)19(22)16-9-5-3-6-10-16;/h3-12,14-15,18-19H,13,22H2,1-2H3,(H,23,25);1H. The Labute approximate surface area is 166 Å². The van der Waals surface area contributed by atoms with Crippen LogP contribution in [0.4, 0.5) is 5.69 Å². The molecule has 0 spiro atoms. The van der Waals surface area contributed by atoms with Crippen molar-refractivity contribution in [2.45, 2.75) is 38.4 Å². The Balaban J connectivity index is 0.00000261. The van der Waals surface area contributed by atoms with Crippen LogP contribution in [0, 0.1) is 5.92 Å². The lowest BCUT2D eigenvalue weighted by molar-refractivity contribution is -0.129. The van der Waals surface area contributed by atoms with Gasteiger partial charge >= 0.3 is 0 Å². The van der Waals surface area contributed by atoms with Gasteiger partial charge in [0.1, 0.15) is 6.04 Å². The van der Waals surface area contributed by atoms with Crippen molar-refractivity contribution in [2.24, 2.45) is 11.7 Å². The third-order valence-corrected chi connectivity index (χ3v) is 5.04. The number of anilines is 1. The molecule has 4 atom stereocenters. The lowest BCUT2D eigenvalue weighted by Crippen LogP contribution is -2.45. The molecule has 0 radical (unpaired) electrons. The van der Waals surface area contributed by atoms with Crippen LogP contribution in [0.5, 0.6) is 0 Å². The fourth-order valence-corrected chi connectivity index (χ4v) is 3.45. The predicted molar refractivity (Wildman–Crippen MR) is 110 cm³/mol. The summed E-state index contributed by atoms with van der Waals surface area (Å²) in [5.74, 6) is -0.689. The Bertz CT molecular complexity index is 770. The van der Waals surface area contributed by atoms with E-state index in [1.807, 2.05) is 67.6 Å². The van der Waals surface area contributed by atoms with Crippen LogP contribution >= 0.6 is 12.4 Å². The smallest absolute Gasteiger partial charge is 0.249 e. The van der Waals surface area contributed by atoms with Gasteiger partial charge in [-0.1, -0.05) is 55.5 Å². The average molecular weight is 388 g/mol. The highest BCUT2D eigenvalue weighted by molar-refractivity contribution is 6.02. The van der Waals surface area contributed by atoms with Crippen molar-refractivity contribution in [1.29, 1.82) is 0 Å². The summed E-state index contributed by atoms with van der Waals surface area (Å²) in [6.45, 7) is 3.79. The molecule has 1 fully saturated rings. The number of halogens is 1. The molecule has 1 aliphatic rings. The molecule has 6 heteroatoms. The number of nitrogens with two attached hydrogens (primary N) is 1. The zero-order chi connectivity index (χ0) is 18.7. The molecule has 27 heavy (non-hydrogen) atoms. The number of hydrogen-bond acceptors (Lipinski definition) is 3. The second-order valence-electron chi connectivity index (χ2n) is 6.91. The van der Waals surface area contributed by atoms with Gasteiger partial charge in [-0.25, -0.2) is 0 Å². The van der Waals surface area contributed by atoms with Gasteiger partial charge in [0, 0.05) is 17.8 Å². The summed E-state index contributed by atoms with van der Waals surface area (Å²) in [7, 11) is 0. The summed E-state index contributed by atoms with van der Waals surface area (Å²) in [6.07, 6.45) is 0.590. The molecule has 3 rings (SSSR count). The van der Waals surface area contributed by atoms with E-state index in [9.17, 15) is 9.59 Å². The van der Waals surface area contributed by atoms with E-state index < -0.39 is 18.0 Å². The van der Waals surface area contributed by atoms with E-state index in [-0.39, 0.29) is 30.3 Å². The molecule has 1 aliphatic heterocycles. The summed E-state index contributed by atoms with van der Waals surface area (Å²) in [5, 5.41) is 2.90. The fourth-order valence-electron chi connectivity index (χ4n) is 3.45. The third kappa shape index (κ3) is 4.49. The van der Waals surface area contributed by atoms with E-state index in [4.69, 9.17) is 5.73 Å². The highest BCUT2D eigenvalue weighted by Crippen LogP contribution is 2.27. The third-order valence-electron chi connectivity index (χ3n) is 5.04. The second-order valence-corrected chi connectivity index (χ2v) is 6.91. The summed E-state index contributed by atoms with van der Waals surface area (Å²) in [5.41, 5.74) is 8.00. The maximum Gasteiger partial charge on any atom is 0.249 e. The molecule has 144 valence electrons. The van der Waals surface area contributed by atoms with Gasteiger partial charge in [0.05, 0.1) is 5.92 Å². The lowest BCUT2D eigenvalue weighted by Gasteiger charge is -2.23. The molecular weight excluding hydrogens is 362 g/mol. The zero-order valence-corrected chi connectivity index (χ0v) is 16.4. The molecular formula is C21H26ClN3O2. The molecule has 2 aromatic rings. The summed E-state index contributed by atoms with van der Waals surface area (Å²) < 4.78 is 0. The van der Waals surface area contributed by atoms with Gasteiger partial charge in [0.25, 0.3) is 0 Å². The van der Waals surface area contributed by atoms with Gasteiger partial charge < -0.3 is 16.0 Å². The van der Waals surface area contributed by atoms with Crippen LogP contribution in [-0.2, 0) is 9.59 Å². The molecule has 0 bridgehead atoms. The number of amides is 2. The topological polar surface area (TPSA) is 75.4 Å². The lowest BCUT2D eigenvalue weighted by atomic mass is 9.94. The predicted octanol–water partition coefficient (Wildman–Crippen LogP) is 3.05. The molecule has 0 aliphatic carbocycles. The molecule has 1 heterocycles. The normalized spacial score (nSPS) is 21.3. The number of carbonyl (C=O) groups excluding carboxylic acids is 2. The van der Waals surface area contributed by atoms with Crippen molar-refractivity contribution in [3.05, 3.63) is 66.2 Å². The highest BCUT2D eigenvalue weighted by Gasteiger charge is 2.39. The monoisotopic (exact) mass is 387 g/mol. The van der Waals surface area contributed by atoms with E-state index in [2.05, 4.69) is 5.32 Å². The maximum absolute atomic E-state index is 12.8. The Kier molecular flexibility index (Phi) is 6.99. The van der Waals surface area contributed by atoms with Gasteiger partial charge in [-0.3, -0.25) is 9.59 Å². The van der Waals surface area contributed by atoms with Crippen molar-refractivity contribution in [3.8, 4) is 0 Å². The first kappa shape index (κ1) is 20.9. The van der Waals surface area contributed by atoms with Crippen LogP contribution in [0.1, 0.15) is 31.9 Å². The fraction of sp³-hybridized carbons (Fsp3) is 0.333. The van der Waals surface area contributed by atoms with Gasteiger partial charge in [-0.15, -0.1) is 12.4 Å². The highest BCUT2D eigenvalue weighted by atomic mass is 35.5. The van der Waals surface area contributed by atoms with Crippen LogP contribution in [0.15, 0.2) is 60.7 Å². The van der Waals surface area contributed by atoms with E-state index in [1.54, 1.807) is 11.8 Å². The maximum atomic E-state index is 12.8. The van der Waals surface area contributed by atoms with Gasteiger partial charge in [0.15, 0.2) is 0 Å². The first-order valence-corrected chi connectivity index (χ1v) is 8.98. The summed E-state index contributed by atoms with van der Waals surface area (Å²) in [4.78, 5) is 27.2. The quantitative estimate of drug-likeness (QED) is 0.827. The van der Waals surface area contributed by atoms with E-state index in [0.717, 1.165) is 11.3 Å². The minimum Gasteiger partial charge on any atom is -0.344 e. The Hall–Kier alpha value is -2.37. The Morgan fingerprint density at radius 1 is 1.11 bits per heavy atom. The minimum absolute atomic E-state index is 0. The number of benzene rings is 2. The van der Waals surface area contributed by atoms with Gasteiger partial charge in [-0.05, 0) is 31.0 Å². The van der Waals surface area contributed by atoms with E-state index >= 15 is 0 Å². The van der Waals surface area contributed by atoms with Gasteiger partial charge in [-0.2, -0.15) is 0 Å². The van der Waals surface area contributed by atoms with Crippen molar-refractivity contribution in [3.63, 3.8) is 0 Å². The van der Waals surface area contributed by atoms with E-state index in [1.165, 1.54) is 0 Å². The molecule has 0 saturated carbocycles. The largest absolute Gasteiger partial charge is 0.344 e. The number of rotatable bonds is 5. The number of carbonyl (C=O) groups is 2. The first-order valence-electron chi connectivity index (χ1n) is 8.98. The Morgan fingerprint density at radius 2 is 1.67 bits per heavy atom. The molecule has 3 N–H and O–H groups in total. The van der Waals surface area contributed by atoms with Crippen LogP contribution < -0.4 is 16.0 Å². The summed E-state index contributed by atoms with van der Waals surface area (Å²) >= 11 is 0. The molecule has 2 aromatic carbocycles. The van der Waals surface area contributed by atoms with E-state index in [0.29, 0.717) is 6.42 Å². The number of nitrogens with zero attached hydrogens (tertiary/aromatic N) is 1. The number of hydrogen-bond donors (Lipinski definition) is 2. The first-order chi connectivity index (χ1) is 12.5. The molecule has 2 amide bonds. The molecule has 5 nitrogen and oxygen atoms in total. The average Bonchev–Trinajstić information content (AvgIpc) is 2.95. The van der Waals surface area contributed by atoms with Crippen molar-refractivity contribution in [1.82, 2.24) is 5.32 Å². The van der Waals surface area contributed by atoms with Crippen LogP contribution in [0.3, 0.4) is 0 Å². The SMILES string of the molecule is CC(C(=O)NC1CC(C)N(c2ccccc2)C1=O)C(N)c1ccccc1.Cl. The second kappa shape index (κ2) is 9.02. The number of para-hydroxylation sites is 1. The Morgan fingerprint density at radius 3 is 2.26 bits per heavy atom. The minimum atomic E-state index is -0.511. The van der Waals surface area contributed by atoms with Crippen molar-refractivity contribution in [2.75, 3.05) is 4.90 Å². The van der Waals surface area contributed by atoms with Crippen molar-refractivity contribution < 1.29 is 9.59 Å². The van der Waals surface area contributed by atoms with Crippen LogP contribution in [-0.4, -0.2) is 23.9 Å². The summed E-state index contributed by atoms with van der Waals surface area (Å²) in [6, 6.07) is 18.2. The van der Waals surface area contributed by atoms with Crippen LogP contribution in [0.25, 0.3) is 0 Å². The molecule has 1 saturated heterocycles. The molecule has 4 unspecified atom stereocenters. The van der Waals surface area contributed by atoms with Crippen LogP contribution in [0.2, 0.25) is 0 Å². The van der Waals surface area contributed by atoms with Crippen molar-refractivity contribution >= 4 is 29.9 Å². The zero-order valence-electron chi connectivity index (χ0n) is 15.5. The number of nitrogens with one attached hydrogen (secondary N) is 1. The van der Waals surface area contributed by atoms with Gasteiger partial charge in [0.2, 0.25) is 11.8 Å². The molecule has 0 aromatic heterocycles.